The maximum absolute atomic E-state index is 5.79. The summed E-state index contributed by atoms with van der Waals surface area (Å²) >= 11 is 0. The third-order valence-corrected chi connectivity index (χ3v) is 3.42. The van der Waals surface area contributed by atoms with Crippen molar-refractivity contribution >= 4 is 0 Å². The van der Waals surface area contributed by atoms with Crippen LogP contribution in [-0.4, -0.2) is 26.4 Å². The zero-order valence-electron chi connectivity index (χ0n) is 15.2. The van der Waals surface area contributed by atoms with Crippen LogP contribution >= 0.6 is 0 Å². The maximum atomic E-state index is 5.79. The van der Waals surface area contributed by atoms with Crippen molar-refractivity contribution in [3.63, 3.8) is 0 Å². The predicted octanol–water partition coefficient (Wildman–Crippen LogP) is 4.67. The number of hydrogen-bond acceptors (Lipinski definition) is 4. The second kappa shape index (κ2) is 9.62. The van der Waals surface area contributed by atoms with E-state index in [0.29, 0.717) is 30.5 Å². The van der Waals surface area contributed by atoms with Crippen LogP contribution in [0.4, 0.5) is 0 Å². The SMILES string of the molecule is C=CCc1ccc(OCCOc2ccccc2OC(C)C)c(OC)c1. The zero-order chi connectivity index (χ0) is 18.1. The van der Waals surface area contributed by atoms with E-state index in [2.05, 4.69) is 6.58 Å². The molecule has 0 aliphatic rings. The average molecular weight is 342 g/mol. The second-order valence-electron chi connectivity index (χ2n) is 5.79. The lowest BCUT2D eigenvalue weighted by Gasteiger charge is -2.15. The minimum atomic E-state index is 0.0966. The molecule has 2 rings (SSSR count). The van der Waals surface area contributed by atoms with Gasteiger partial charge in [-0.1, -0.05) is 24.3 Å². The Hall–Kier alpha value is -2.62. The summed E-state index contributed by atoms with van der Waals surface area (Å²) < 4.78 is 22.7. The Morgan fingerprint density at radius 1 is 0.920 bits per heavy atom. The van der Waals surface area contributed by atoms with Gasteiger partial charge in [-0.25, -0.2) is 0 Å². The van der Waals surface area contributed by atoms with Gasteiger partial charge in [0.05, 0.1) is 13.2 Å². The fraction of sp³-hybridized carbons (Fsp3) is 0.333. The summed E-state index contributed by atoms with van der Waals surface area (Å²) in [6.07, 6.45) is 2.76. The summed E-state index contributed by atoms with van der Waals surface area (Å²) in [6, 6.07) is 13.5. The third-order valence-electron chi connectivity index (χ3n) is 3.42. The van der Waals surface area contributed by atoms with Gasteiger partial charge in [-0.05, 0) is 50.1 Å². The Labute approximate surface area is 150 Å². The van der Waals surface area contributed by atoms with Crippen LogP contribution in [0.25, 0.3) is 0 Å². The first-order chi connectivity index (χ1) is 12.1. The fourth-order valence-corrected chi connectivity index (χ4v) is 2.35. The Morgan fingerprint density at radius 2 is 1.56 bits per heavy atom. The molecule has 0 bridgehead atoms. The van der Waals surface area contributed by atoms with E-state index in [-0.39, 0.29) is 6.10 Å². The first-order valence-electron chi connectivity index (χ1n) is 8.43. The molecule has 0 heterocycles. The highest BCUT2D eigenvalue weighted by Gasteiger charge is 2.08. The van der Waals surface area contributed by atoms with Gasteiger partial charge in [-0.3, -0.25) is 0 Å². The van der Waals surface area contributed by atoms with Crippen molar-refractivity contribution in [2.45, 2.75) is 26.4 Å². The number of para-hydroxylation sites is 2. The Balaban J connectivity index is 1.90. The molecule has 0 atom stereocenters. The van der Waals surface area contributed by atoms with Crippen molar-refractivity contribution in [1.82, 2.24) is 0 Å². The summed E-state index contributed by atoms with van der Waals surface area (Å²) in [5.74, 6) is 2.87. The lowest BCUT2D eigenvalue weighted by atomic mass is 10.1. The topological polar surface area (TPSA) is 36.9 Å². The molecule has 0 unspecified atom stereocenters. The number of ether oxygens (including phenoxy) is 4. The predicted molar refractivity (Wildman–Crippen MR) is 100 cm³/mol. The zero-order valence-corrected chi connectivity index (χ0v) is 15.2. The van der Waals surface area contributed by atoms with Crippen molar-refractivity contribution in [3.8, 4) is 23.0 Å². The molecule has 0 fully saturated rings. The molecule has 0 spiro atoms. The van der Waals surface area contributed by atoms with Crippen molar-refractivity contribution in [2.24, 2.45) is 0 Å². The highest BCUT2D eigenvalue weighted by atomic mass is 16.6. The highest BCUT2D eigenvalue weighted by Crippen LogP contribution is 2.29. The summed E-state index contributed by atoms with van der Waals surface area (Å²) in [4.78, 5) is 0. The molecule has 0 aromatic heterocycles. The summed E-state index contributed by atoms with van der Waals surface area (Å²) in [5.41, 5.74) is 1.13. The van der Waals surface area contributed by atoms with Crippen molar-refractivity contribution < 1.29 is 18.9 Å². The minimum Gasteiger partial charge on any atom is -0.493 e. The molecule has 4 nitrogen and oxygen atoms in total. The van der Waals surface area contributed by atoms with Gasteiger partial charge < -0.3 is 18.9 Å². The second-order valence-corrected chi connectivity index (χ2v) is 5.79. The van der Waals surface area contributed by atoms with Crippen LogP contribution in [-0.2, 0) is 6.42 Å². The molecule has 0 radical (unpaired) electrons. The molecular formula is C21H26O4. The molecule has 25 heavy (non-hydrogen) atoms. The maximum Gasteiger partial charge on any atom is 0.161 e. The van der Waals surface area contributed by atoms with E-state index in [1.54, 1.807) is 7.11 Å². The molecule has 0 saturated carbocycles. The molecular weight excluding hydrogens is 316 g/mol. The molecule has 0 aliphatic carbocycles. The molecule has 0 amide bonds. The van der Waals surface area contributed by atoms with Crippen LogP contribution in [0.1, 0.15) is 19.4 Å². The van der Waals surface area contributed by atoms with E-state index in [9.17, 15) is 0 Å². The summed E-state index contributed by atoms with van der Waals surface area (Å²) in [6.45, 7) is 8.55. The van der Waals surface area contributed by atoms with Gasteiger partial charge in [0.1, 0.15) is 13.2 Å². The van der Waals surface area contributed by atoms with Gasteiger partial charge in [-0.15, -0.1) is 6.58 Å². The van der Waals surface area contributed by atoms with Gasteiger partial charge in [0.2, 0.25) is 0 Å². The summed E-state index contributed by atoms with van der Waals surface area (Å²) in [5, 5.41) is 0. The number of hydrogen-bond donors (Lipinski definition) is 0. The molecule has 2 aromatic carbocycles. The van der Waals surface area contributed by atoms with E-state index in [1.165, 1.54) is 0 Å². The van der Waals surface area contributed by atoms with Crippen molar-refractivity contribution in [3.05, 3.63) is 60.7 Å². The molecule has 0 saturated heterocycles. The summed E-state index contributed by atoms with van der Waals surface area (Å²) in [7, 11) is 1.63. The molecule has 0 N–H and O–H groups in total. The quantitative estimate of drug-likeness (QED) is 0.464. The van der Waals surface area contributed by atoms with E-state index >= 15 is 0 Å². The van der Waals surface area contributed by atoms with E-state index in [1.807, 2.05) is 62.4 Å². The smallest absolute Gasteiger partial charge is 0.161 e. The van der Waals surface area contributed by atoms with Gasteiger partial charge in [0, 0.05) is 0 Å². The van der Waals surface area contributed by atoms with Crippen LogP contribution in [0.3, 0.4) is 0 Å². The van der Waals surface area contributed by atoms with Gasteiger partial charge >= 0.3 is 0 Å². The Kier molecular flexibility index (Phi) is 7.20. The standard InChI is InChI=1S/C21H26O4/c1-5-8-17-11-12-19(21(15-17)22-4)24-14-13-23-18-9-6-7-10-20(18)25-16(2)3/h5-7,9-12,15-16H,1,8,13-14H2,2-4H3. The normalized spacial score (nSPS) is 10.4. The van der Waals surface area contributed by atoms with E-state index < -0.39 is 0 Å². The monoisotopic (exact) mass is 342 g/mol. The van der Waals surface area contributed by atoms with Crippen LogP contribution in [0.5, 0.6) is 23.0 Å². The van der Waals surface area contributed by atoms with Crippen LogP contribution < -0.4 is 18.9 Å². The van der Waals surface area contributed by atoms with Crippen LogP contribution in [0, 0.1) is 0 Å². The van der Waals surface area contributed by atoms with Gasteiger partial charge in [0.25, 0.3) is 0 Å². The van der Waals surface area contributed by atoms with Crippen molar-refractivity contribution in [1.29, 1.82) is 0 Å². The first kappa shape index (κ1) is 18.7. The molecule has 0 aliphatic heterocycles. The molecule has 4 heteroatoms. The van der Waals surface area contributed by atoms with Crippen LogP contribution in [0.15, 0.2) is 55.1 Å². The van der Waals surface area contributed by atoms with Crippen LogP contribution in [0.2, 0.25) is 0 Å². The third kappa shape index (κ3) is 5.75. The average Bonchev–Trinajstić information content (AvgIpc) is 2.60. The molecule has 134 valence electrons. The lowest BCUT2D eigenvalue weighted by Crippen LogP contribution is -2.12. The molecule has 2 aromatic rings. The number of rotatable bonds is 10. The number of methoxy groups -OCH3 is 1. The van der Waals surface area contributed by atoms with E-state index in [4.69, 9.17) is 18.9 Å². The van der Waals surface area contributed by atoms with Gasteiger partial charge in [-0.2, -0.15) is 0 Å². The minimum absolute atomic E-state index is 0.0966. The number of benzene rings is 2. The highest BCUT2D eigenvalue weighted by molar-refractivity contribution is 5.43. The largest absolute Gasteiger partial charge is 0.493 e. The Bertz CT molecular complexity index is 679. The lowest BCUT2D eigenvalue weighted by molar-refractivity contribution is 0.191. The fourth-order valence-electron chi connectivity index (χ4n) is 2.35. The number of allylic oxidation sites excluding steroid dienone is 1. The van der Waals surface area contributed by atoms with E-state index in [0.717, 1.165) is 17.7 Å². The Morgan fingerprint density at radius 3 is 2.16 bits per heavy atom. The van der Waals surface area contributed by atoms with Gasteiger partial charge in [0.15, 0.2) is 23.0 Å². The first-order valence-corrected chi connectivity index (χ1v) is 8.43. The van der Waals surface area contributed by atoms with Crippen molar-refractivity contribution in [2.75, 3.05) is 20.3 Å².